The summed E-state index contributed by atoms with van der Waals surface area (Å²) < 4.78 is 0. The zero-order chi connectivity index (χ0) is 19.3. The van der Waals surface area contributed by atoms with E-state index < -0.39 is 0 Å². The highest BCUT2D eigenvalue weighted by Crippen LogP contribution is 2.31. The second-order valence-electron chi connectivity index (χ2n) is 7.71. The molecular weight excluding hydrogens is 350 g/mol. The maximum Gasteiger partial charge on any atom is 0.246 e. The zero-order valence-corrected chi connectivity index (χ0v) is 15.8. The Morgan fingerprint density at radius 2 is 1.96 bits per heavy atom. The van der Waals surface area contributed by atoms with Crippen LogP contribution in [0.1, 0.15) is 29.7 Å². The first-order valence-electron chi connectivity index (χ1n) is 9.66. The van der Waals surface area contributed by atoms with Gasteiger partial charge in [0.15, 0.2) is 6.19 Å². The van der Waals surface area contributed by atoms with Crippen molar-refractivity contribution in [1.82, 2.24) is 20.0 Å². The molecule has 1 aromatic heterocycles. The predicted octanol–water partition coefficient (Wildman–Crippen LogP) is 3.33. The first-order valence-corrected chi connectivity index (χ1v) is 9.66. The van der Waals surface area contributed by atoms with Crippen molar-refractivity contribution in [3.8, 4) is 17.3 Å². The summed E-state index contributed by atoms with van der Waals surface area (Å²) in [7, 11) is 0. The Bertz CT molecular complexity index is 1130. The summed E-state index contributed by atoms with van der Waals surface area (Å²) in [6, 6.07) is 12.4. The topological polar surface area (TPSA) is 76.0 Å². The van der Waals surface area contributed by atoms with Gasteiger partial charge in [0, 0.05) is 30.7 Å². The summed E-state index contributed by atoms with van der Waals surface area (Å²) in [6.45, 7) is 3.95. The standard InChI is InChI=1S/C22H21N5O/c1-14-19-7-6-16(10-20(19)25-24-14)15-4-5-17-11-27(12-18(17)9-15)22(28)21-3-2-8-26(21)13-23/h4-7,9-10,21H,2-3,8,11-12H2,1H3,(H,24,25). The fraction of sp³-hybridized carbons (Fsp3) is 0.318. The lowest BCUT2D eigenvalue weighted by Gasteiger charge is -2.23. The number of aryl methyl sites for hydroxylation is 1. The molecular formula is C22H21N5O. The summed E-state index contributed by atoms with van der Waals surface area (Å²) in [5.74, 6) is 0.0743. The molecule has 28 heavy (non-hydrogen) atoms. The van der Waals surface area contributed by atoms with Gasteiger partial charge in [-0.1, -0.05) is 24.3 Å². The van der Waals surface area contributed by atoms with E-state index >= 15 is 0 Å². The van der Waals surface area contributed by atoms with Crippen LogP contribution in [0.15, 0.2) is 36.4 Å². The van der Waals surface area contributed by atoms with E-state index in [1.54, 1.807) is 4.90 Å². The zero-order valence-electron chi connectivity index (χ0n) is 15.8. The maximum atomic E-state index is 12.9. The van der Waals surface area contributed by atoms with Gasteiger partial charge in [-0.15, -0.1) is 0 Å². The molecule has 1 N–H and O–H groups in total. The normalized spacial score (nSPS) is 18.5. The summed E-state index contributed by atoms with van der Waals surface area (Å²) in [6.07, 6.45) is 3.84. The van der Waals surface area contributed by atoms with Crippen molar-refractivity contribution in [1.29, 1.82) is 5.26 Å². The number of nitriles is 1. The minimum Gasteiger partial charge on any atom is -0.332 e. The monoisotopic (exact) mass is 371 g/mol. The highest BCUT2D eigenvalue weighted by Gasteiger charge is 2.35. The van der Waals surface area contributed by atoms with E-state index in [9.17, 15) is 10.1 Å². The van der Waals surface area contributed by atoms with Crippen molar-refractivity contribution >= 4 is 16.8 Å². The Hall–Kier alpha value is -3.33. The third kappa shape index (κ3) is 2.63. The van der Waals surface area contributed by atoms with Crippen molar-refractivity contribution in [2.75, 3.05) is 6.54 Å². The van der Waals surface area contributed by atoms with Crippen LogP contribution in [-0.2, 0) is 17.9 Å². The lowest BCUT2D eigenvalue weighted by atomic mass is 9.99. The predicted molar refractivity (Wildman–Crippen MR) is 106 cm³/mol. The Morgan fingerprint density at radius 3 is 2.82 bits per heavy atom. The Balaban J connectivity index is 1.40. The maximum absolute atomic E-state index is 12.9. The molecule has 1 amide bonds. The number of hydrogen-bond acceptors (Lipinski definition) is 4. The van der Waals surface area contributed by atoms with Crippen LogP contribution < -0.4 is 0 Å². The number of amides is 1. The summed E-state index contributed by atoms with van der Waals surface area (Å²) in [5, 5.41) is 17.8. The van der Waals surface area contributed by atoms with E-state index in [0.717, 1.165) is 40.6 Å². The number of fused-ring (bicyclic) bond motifs is 2. The van der Waals surface area contributed by atoms with Gasteiger partial charge in [-0.3, -0.25) is 14.8 Å². The van der Waals surface area contributed by atoms with Crippen LogP contribution in [0.4, 0.5) is 0 Å². The van der Waals surface area contributed by atoms with Crippen LogP contribution in [0.3, 0.4) is 0 Å². The number of hydrogen-bond donors (Lipinski definition) is 1. The summed E-state index contributed by atoms with van der Waals surface area (Å²) in [5.41, 5.74) is 6.67. The molecule has 1 unspecified atom stereocenters. The lowest BCUT2D eigenvalue weighted by Crippen LogP contribution is -2.41. The molecule has 0 saturated carbocycles. The molecule has 1 saturated heterocycles. The number of carbonyl (C=O) groups excluding carboxylic acids is 1. The van der Waals surface area contributed by atoms with E-state index in [0.29, 0.717) is 19.6 Å². The fourth-order valence-corrected chi connectivity index (χ4v) is 4.41. The second-order valence-corrected chi connectivity index (χ2v) is 7.71. The van der Waals surface area contributed by atoms with E-state index in [2.05, 4.69) is 52.8 Å². The molecule has 0 radical (unpaired) electrons. The number of benzene rings is 2. The number of H-pyrrole nitrogens is 1. The van der Waals surface area contributed by atoms with Crippen molar-refractivity contribution in [2.45, 2.75) is 38.9 Å². The number of likely N-dealkylation sites (tertiary alicyclic amines) is 1. The van der Waals surface area contributed by atoms with Crippen LogP contribution in [0, 0.1) is 18.4 Å². The fourth-order valence-electron chi connectivity index (χ4n) is 4.41. The van der Waals surface area contributed by atoms with Gasteiger partial charge in [-0.05, 0) is 54.2 Å². The molecule has 0 aliphatic carbocycles. The molecule has 2 aliphatic heterocycles. The van der Waals surface area contributed by atoms with Gasteiger partial charge in [-0.25, -0.2) is 0 Å². The van der Waals surface area contributed by atoms with Crippen molar-refractivity contribution in [2.24, 2.45) is 0 Å². The van der Waals surface area contributed by atoms with Crippen LogP contribution in [0.25, 0.3) is 22.0 Å². The number of rotatable bonds is 2. The molecule has 2 aliphatic rings. The second kappa shape index (κ2) is 6.38. The molecule has 3 heterocycles. The number of carbonyl (C=O) groups is 1. The smallest absolute Gasteiger partial charge is 0.246 e. The van der Waals surface area contributed by atoms with E-state index in [-0.39, 0.29) is 11.9 Å². The van der Waals surface area contributed by atoms with Crippen molar-refractivity contribution in [3.63, 3.8) is 0 Å². The number of nitrogens with zero attached hydrogens (tertiary/aromatic N) is 4. The largest absolute Gasteiger partial charge is 0.332 e. The molecule has 3 aromatic rings. The first-order chi connectivity index (χ1) is 13.6. The number of aromatic nitrogens is 2. The van der Waals surface area contributed by atoms with Crippen molar-refractivity contribution in [3.05, 3.63) is 53.2 Å². The molecule has 6 nitrogen and oxygen atoms in total. The molecule has 2 aromatic carbocycles. The number of aromatic amines is 1. The van der Waals surface area contributed by atoms with Gasteiger partial charge in [0.2, 0.25) is 5.91 Å². The molecule has 1 fully saturated rings. The van der Waals surface area contributed by atoms with Gasteiger partial charge in [0.05, 0.1) is 5.52 Å². The number of nitrogens with one attached hydrogen (secondary N) is 1. The minimum absolute atomic E-state index is 0.0743. The third-order valence-electron chi connectivity index (χ3n) is 5.99. The SMILES string of the molecule is Cc1[nH]nc2cc(-c3ccc4c(c3)CN(C(=O)C3CCCN3C#N)C4)ccc12. The lowest BCUT2D eigenvalue weighted by molar-refractivity contribution is -0.135. The van der Waals surface area contributed by atoms with Gasteiger partial charge < -0.3 is 4.90 Å². The molecule has 6 heteroatoms. The van der Waals surface area contributed by atoms with Gasteiger partial charge >= 0.3 is 0 Å². The molecule has 1 atom stereocenters. The average molecular weight is 371 g/mol. The summed E-state index contributed by atoms with van der Waals surface area (Å²) >= 11 is 0. The van der Waals surface area contributed by atoms with Gasteiger partial charge in [0.25, 0.3) is 0 Å². The van der Waals surface area contributed by atoms with E-state index in [4.69, 9.17) is 0 Å². The molecule has 5 rings (SSSR count). The van der Waals surface area contributed by atoms with Crippen LogP contribution in [0.2, 0.25) is 0 Å². The molecule has 0 bridgehead atoms. The first kappa shape index (κ1) is 16.8. The third-order valence-corrected chi connectivity index (χ3v) is 5.99. The summed E-state index contributed by atoms with van der Waals surface area (Å²) in [4.78, 5) is 16.4. The van der Waals surface area contributed by atoms with Crippen LogP contribution in [0.5, 0.6) is 0 Å². The molecule has 0 spiro atoms. The Labute approximate surface area is 163 Å². The van der Waals surface area contributed by atoms with Crippen LogP contribution >= 0.6 is 0 Å². The van der Waals surface area contributed by atoms with Gasteiger partial charge in [-0.2, -0.15) is 10.4 Å². The quantitative estimate of drug-likeness (QED) is 0.701. The minimum atomic E-state index is -0.288. The van der Waals surface area contributed by atoms with E-state index in [1.165, 1.54) is 11.1 Å². The Kier molecular flexibility index (Phi) is 3.83. The average Bonchev–Trinajstić information content (AvgIpc) is 3.44. The molecule has 140 valence electrons. The highest BCUT2D eigenvalue weighted by molar-refractivity contribution is 5.86. The van der Waals surface area contributed by atoms with Crippen LogP contribution in [-0.4, -0.2) is 38.5 Å². The van der Waals surface area contributed by atoms with E-state index in [1.807, 2.05) is 11.8 Å². The van der Waals surface area contributed by atoms with Crippen molar-refractivity contribution < 1.29 is 4.79 Å². The Morgan fingerprint density at radius 1 is 1.18 bits per heavy atom. The van der Waals surface area contributed by atoms with Gasteiger partial charge in [0.1, 0.15) is 6.04 Å². The highest BCUT2D eigenvalue weighted by atomic mass is 16.2.